The molecule has 2 heterocycles. The SMILES string of the molecule is Cc1ncsc1C(=O)Nc1nc2ccc(OCC(F)(F)F)cc2s1. The Labute approximate surface area is 142 Å². The first kappa shape index (κ1) is 16.7. The van der Waals surface area contributed by atoms with Crippen molar-refractivity contribution in [3.63, 3.8) is 0 Å². The molecule has 3 aromatic rings. The number of nitrogens with zero attached hydrogens (tertiary/aromatic N) is 2. The second-order valence-electron chi connectivity index (χ2n) is 4.77. The number of hydrogen-bond acceptors (Lipinski definition) is 6. The third-order valence-electron chi connectivity index (χ3n) is 2.93. The summed E-state index contributed by atoms with van der Waals surface area (Å²) in [5.41, 5.74) is 2.77. The minimum atomic E-state index is -4.39. The van der Waals surface area contributed by atoms with Gasteiger partial charge in [0.15, 0.2) is 11.7 Å². The minimum absolute atomic E-state index is 0.0969. The van der Waals surface area contributed by atoms with Crippen molar-refractivity contribution in [3.8, 4) is 5.75 Å². The van der Waals surface area contributed by atoms with Gasteiger partial charge >= 0.3 is 6.18 Å². The van der Waals surface area contributed by atoms with Crippen LogP contribution in [-0.2, 0) is 0 Å². The molecule has 0 atom stereocenters. The van der Waals surface area contributed by atoms with E-state index >= 15 is 0 Å². The lowest BCUT2D eigenvalue weighted by Gasteiger charge is -2.08. The van der Waals surface area contributed by atoms with Crippen molar-refractivity contribution in [1.82, 2.24) is 9.97 Å². The van der Waals surface area contributed by atoms with Crippen LogP contribution in [0.5, 0.6) is 5.75 Å². The van der Waals surface area contributed by atoms with Crippen molar-refractivity contribution in [2.45, 2.75) is 13.1 Å². The number of carbonyl (C=O) groups excluding carboxylic acids is 1. The summed E-state index contributed by atoms with van der Waals surface area (Å²) in [5, 5.41) is 3.03. The van der Waals surface area contributed by atoms with Crippen LogP contribution >= 0.6 is 22.7 Å². The molecule has 0 spiro atoms. The Morgan fingerprint density at radius 2 is 2.17 bits per heavy atom. The lowest BCUT2D eigenvalue weighted by atomic mass is 10.3. The van der Waals surface area contributed by atoms with Gasteiger partial charge in [-0.3, -0.25) is 10.1 Å². The van der Waals surface area contributed by atoms with E-state index < -0.39 is 12.8 Å². The number of carbonyl (C=O) groups is 1. The monoisotopic (exact) mass is 373 g/mol. The van der Waals surface area contributed by atoms with Crippen LogP contribution in [0.25, 0.3) is 10.2 Å². The maximum Gasteiger partial charge on any atom is 0.422 e. The highest BCUT2D eigenvalue weighted by atomic mass is 32.1. The van der Waals surface area contributed by atoms with Gasteiger partial charge in [-0.05, 0) is 25.1 Å². The first-order valence-electron chi connectivity index (χ1n) is 6.63. The fourth-order valence-corrected chi connectivity index (χ4v) is 3.47. The maximum atomic E-state index is 12.2. The quantitative estimate of drug-likeness (QED) is 0.742. The van der Waals surface area contributed by atoms with Gasteiger partial charge in [-0.25, -0.2) is 9.97 Å². The molecule has 126 valence electrons. The first-order chi connectivity index (χ1) is 11.3. The van der Waals surface area contributed by atoms with Gasteiger partial charge in [0.1, 0.15) is 10.6 Å². The van der Waals surface area contributed by atoms with Crippen molar-refractivity contribution in [2.24, 2.45) is 0 Å². The number of nitrogens with one attached hydrogen (secondary N) is 1. The summed E-state index contributed by atoms with van der Waals surface area (Å²) in [6, 6.07) is 4.42. The number of fused-ring (bicyclic) bond motifs is 1. The number of rotatable bonds is 4. The van der Waals surface area contributed by atoms with Crippen LogP contribution in [0.3, 0.4) is 0 Å². The summed E-state index contributed by atoms with van der Waals surface area (Å²) in [6.45, 7) is 0.375. The Morgan fingerprint density at radius 3 is 2.83 bits per heavy atom. The number of hydrogen-bond donors (Lipinski definition) is 1. The molecule has 0 aliphatic carbocycles. The highest BCUT2D eigenvalue weighted by molar-refractivity contribution is 7.22. The fraction of sp³-hybridized carbons (Fsp3) is 0.214. The number of ether oxygens (including phenoxy) is 1. The van der Waals surface area contributed by atoms with Crippen LogP contribution in [0.15, 0.2) is 23.7 Å². The van der Waals surface area contributed by atoms with E-state index in [1.54, 1.807) is 18.5 Å². The molecular weight excluding hydrogens is 363 g/mol. The van der Waals surface area contributed by atoms with Gasteiger partial charge < -0.3 is 4.74 Å². The number of aryl methyl sites for hydroxylation is 1. The maximum absolute atomic E-state index is 12.2. The Hall–Kier alpha value is -2.20. The fourth-order valence-electron chi connectivity index (χ4n) is 1.89. The van der Waals surface area contributed by atoms with E-state index in [1.807, 2.05) is 0 Å². The summed E-state index contributed by atoms with van der Waals surface area (Å²) in [7, 11) is 0. The molecule has 0 radical (unpaired) electrons. The van der Waals surface area contributed by atoms with Crippen LogP contribution in [-0.4, -0.2) is 28.7 Å². The molecule has 1 aromatic carbocycles. The molecule has 0 fully saturated rings. The highest BCUT2D eigenvalue weighted by Crippen LogP contribution is 2.30. The van der Waals surface area contributed by atoms with E-state index in [2.05, 4.69) is 15.3 Å². The Morgan fingerprint density at radius 1 is 1.38 bits per heavy atom. The Kier molecular flexibility index (Phi) is 4.41. The average Bonchev–Trinajstić information content (AvgIpc) is 3.09. The normalized spacial score (nSPS) is 11.7. The molecule has 0 saturated heterocycles. The third kappa shape index (κ3) is 3.82. The molecule has 24 heavy (non-hydrogen) atoms. The van der Waals surface area contributed by atoms with Gasteiger partial charge in [0.2, 0.25) is 0 Å². The van der Waals surface area contributed by atoms with Crippen molar-refractivity contribution < 1.29 is 22.7 Å². The van der Waals surface area contributed by atoms with Gasteiger partial charge in [0.25, 0.3) is 5.91 Å². The summed E-state index contributed by atoms with van der Waals surface area (Å²) in [4.78, 5) is 20.9. The molecule has 2 aromatic heterocycles. The van der Waals surface area contributed by atoms with Crippen LogP contribution in [0.4, 0.5) is 18.3 Å². The molecule has 0 aliphatic heterocycles. The van der Waals surface area contributed by atoms with E-state index in [4.69, 9.17) is 4.74 Å². The van der Waals surface area contributed by atoms with Gasteiger partial charge in [-0.1, -0.05) is 11.3 Å². The number of amides is 1. The number of benzene rings is 1. The van der Waals surface area contributed by atoms with Gasteiger partial charge in [-0.2, -0.15) is 13.2 Å². The largest absolute Gasteiger partial charge is 0.484 e. The van der Waals surface area contributed by atoms with Crippen molar-refractivity contribution in [2.75, 3.05) is 11.9 Å². The molecule has 10 heteroatoms. The predicted molar refractivity (Wildman–Crippen MR) is 86.0 cm³/mol. The molecule has 5 nitrogen and oxygen atoms in total. The third-order valence-corrected chi connectivity index (χ3v) is 4.80. The summed E-state index contributed by atoms with van der Waals surface area (Å²) in [6.07, 6.45) is -4.39. The summed E-state index contributed by atoms with van der Waals surface area (Å²) in [5.74, 6) is -0.220. The van der Waals surface area contributed by atoms with Crippen molar-refractivity contribution in [3.05, 3.63) is 34.3 Å². The zero-order chi connectivity index (χ0) is 17.3. The van der Waals surface area contributed by atoms with Crippen LogP contribution in [0.2, 0.25) is 0 Å². The number of anilines is 1. The van der Waals surface area contributed by atoms with E-state index in [0.717, 1.165) is 11.3 Å². The first-order valence-corrected chi connectivity index (χ1v) is 8.33. The zero-order valence-corrected chi connectivity index (χ0v) is 13.8. The number of aromatic nitrogens is 2. The number of thiazole rings is 2. The molecular formula is C14H10F3N3O2S2. The van der Waals surface area contributed by atoms with Crippen LogP contribution < -0.4 is 10.1 Å². The van der Waals surface area contributed by atoms with Gasteiger partial charge in [0.05, 0.1) is 21.4 Å². The van der Waals surface area contributed by atoms with Crippen molar-refractivity contribution >= 4 is 43.9 Å². The Balaban J connectivity index is 1.76. The topological polar surface area (TPSA) is 64.1 Å². The molecule has 1 amide bonds. The van der Waals surface area contributed by atoms with E-state index in [9.17, 15) is 18.0 Å². The number of halogens is 3. The second kappa shape index (κ2) is 6.36. The lowest BCUT2D eigenvalue weighted by molar-refractivity contribution is -0.153. The van der Waals surface area contributed by atoms with Gasteiger partial charge in [-0.15, -0.1) is 11.3 Å². The zero-order valence-electron chi connectivity index (χ0n) is 12.2. The smallest absolute Gasteiger partial charge is 0.422 e. The second-order valence-corrected chi connectivity index (χ2v) is 6.66. The molecule has 0 unspecified atom stereocenters. The number of alkyl halides is 3. The standard InChI is InChI=1S/C14H10F3N3O2S2/c1-7-11(23-6-18-7)12(21)20-13-19-9-3-2-8(4-10(9)24-13)22-5-14(15,16)17/h2-4,6H,5H2,1H3,(H,19,20,21). The average molecular weight is 373 g/mol. The van der Waals surface area contributed by atoms with E-state index in [-0.39, 0.29) is 11.7 Å². The molecule has 1 N–H and O–H groups in total. The molecule has 0 saturated carbocycles. The van der Waals surface area contributed by atoms with Gasteiger partial charge in [0, 0.05) is 0 Å². The lowest BCUT2D eigenvalue weighted by Crippen LogP contribution is -2.19. The van der Waals surface area contributed by atoms with E-state index in [0.29, 0.717) is 25.9 Å². The van der Waals surface area contributed by atoms with Crippen molar-refractivity contribution in [1.29, 1.82) is 0 Å². The molecule has 0 aliphatic rings. The summed E-state index contributed by atoms with van der Waals surface area (Å²) < 4.78 is 41.9. The Bertz CT molecular complexity index is 889. The molecule has 3 rings (SSSR count). The summed E-state index contributed by atoms with van der Waals surface area (Å²) >= 11 is 2.38. The van der Waals surface area contributed by atoms with Crippen LogP contribution in [0, 0.1) is 6.92 Å². The van der Waals surface area contributed by atoms with E-state index in [1.165, 1.54) is 23.5 Å². The molecule has 0 bridgehead atoms. The predicted octanol–water partition coefficient (Wildman–Crippen LogP) is 4.25. The van der Waals surface area contributed by atoms with Crippen LogP contribution in [0.1, 0.15) is 15.4 Å². The minimum Gasteiger partial charge on any atom is -0.484 e. The highest BCUT2D eigenvalue weighted by Gasteiger charge is 2.28.